The highest BCUT2D eigenvalue weighted by Gasteiger charge is 2.33. The molecule has 0 atom stereocenters. The second-order valence-electron chi connectivity index (χ2n) is 5.77. The van der Waals surface area contributed by atoms with E-state index in [1.165, 1.54) is 4.57 Å². The number of carbonyl (C=O) groups excluding carboxylic acids is 1. The number of oxazole rings is 1. The van der Waals surface area contributed by atoms with Gasteiger partial charge in [0.25, 0.3) is 0 Å². The van der Waals surface area contributed by atoms with Gasteiger partial charge in [0.15, 0.2) is 5.58 Å². The van der Waals surface area contributed by atoms with Crippen LogP contribution in [-0.4, -0.2) is 21.2 Å². The van der Waals surface area contributed by atoms with Gasteiger partial charge in [-0.2, -0.15) is 0 Å². The average molecular weight is 290 g/mol. The molecule has 6 nitrogen and oxygen atoms in total. The molecule has 0 unspecified atom stereocenters. The first-order valence-corrected chi connectivity index (χ1v) is 7.09. The molecule has 0 bridgehead atoms. The van der Waals surface area contributed by atoms with Crippen LogP contribution in [0.15, 0.2) is 27.4 Å². The predicted molar refractivity (Wildman–Crippen MR) is 78.1 cm³/mol. The molecular formula is C15H18N2O4. The molecule has 1 aliphatic carbocycles. The lowest BCUT2D eigenvalue weighted by molar-refractivity contribution is -0.120. The van der Waals surface area contributed by atoms with E-state index in [-0.39, 0.29) is 12.3 Å². The molecule has 112 valence electrons. The third-order valence-electron chi connectivity index (χ3n) is 4.10. The quantitative estimate of drug-likeness (QED) is 0.902. The van der Waals surface area contributed by atoms with Gasteiger partial charge in [0.05, 0.1) is 17.5 Å². The zero-order chi connectivity index (χ0) is 15.0. The number of nitrogens with one attached hydrogen (secondary N) is 1. The van der Waals surface area contributed by atoms with Crippen LogP contribution in [0.25, 0.3) is 11.1 Å². The lowest BCUT2D eigenvalue weighted by Crippen LogP contribution is -2.30. The van der Waals surface area contributed by atoms with Crippen LogP contribution in [0.5, 0.6) is 0 Å². The molecule has 1 saturated carbocycles. The summed E-state index contributed by atoms with van der Waals surface area (Å²) in [5, 5.41) is 13.0. The summed E-state index contributed by atoms with van der Waals surface area (Å²) in [6.07, 6.45) is 3.37. The van der Waals surface area contributed by atoms with E-state index in [0.29, 0.717) is 29.6 Å². The monoisotopic (exact) mass is 290 g/mol. The number of fused-ring (bicyclic) bond motifs is 1. The molecule has 1 amide bonds. The average Bonchev–Trinajstić information content (AvgIpc) is 2.95. The maximum Gasteiger partial charge on any atom is 0.419 e. The van der Waals surface area contributed by atoms with Crippen molar-refractivity contribution in [1.29, 1.82) is 0 Å². The number of hydrogen-bond acceptors (Lipinski definition) is 4. The Labute approximate surface area is 121 Å². The summed E-state index contributed by atoms with van der Waals surface area (Å²) >= 11 is 0. The smallest absolute Gasteiger partial charge is 0.408 e. The van der Waals surface area contributed by atoms with E-state index in [9.17, 15) is 14.7 Å². The van der Waals surface area contributed by atoms with Crippen LogP contribution in [0.3, 0.4) is 0 Å². The molecule has 6 heteroatoms. The van der Waals surface area contributed by atoms with Gasteiger partial charge >= 0.3 is 5.76 Å². The second-order valence-corrected chi connectivity index (χ2v) is 5.77. The van der Waals surface area contributed by atoms with Crippen molar-refractivity contribution in [2.24, 2.45) is 7.05 Å². The first-order valence-electron chi connectivity index (χ1n) is 7.09. The van der Waals surface area contributed by atoms with Gasteiger partial charge in [-0.15, -0.1) is 0 Å². The van der Waals surface area contributed by atoms with Crippen LogP contribution >= 0.6 is 0 Å². The summed E-state index contributed by atoms with van der Waals surface area (Å²) < 4.78 is 6.49. The van der Waals surface area contributed by atoms with E-state index in [0.717, 1.165) is 12.8 Å². The van der Waals surface area contributed by atoms with E-state index >= 15 is 0 Å². The Morgan fingerprint density at radius 2 is 2.14 bits per heavy atom. The Balaban J connectivity index is 1.75. The minimum atomic E-state index is -0.868. The predicted octanol–water partition coefficient (Wildman–Crippen LogP) is 1.77. The van der Waals surface area contributed by atoms with Crippen molar-refractivity contribution in [2.45, 2.75) is 37.7 Å². The van der Waals surface area contributed by atoms with Crippen LogP contribution in [0.1, 0.15) is 32.1 Å². The lowest BCUT2D eigenvalue weighted by atomic mass is 9.97. The Bertz CT molecular complexity index is 738. The van der Waals surface area contributed by atoms with Crippen LogP contribution in [0, 0.1) is 0 Å². The van der Waals surface area contributed by atoms with Crippen molar-refractivity contribution >= 4 is 22.7 Å². The number of carbonyl (C=O) groups is 1. The number of aromatic nitrogens is 1. The summed E-state index contributed by atoms with van der Waals surface area (Å²) in [4.78, 5) is 23.4. The van der Waals surface area contributed by atoms with Crippen molar-refractivity contribution < 1.29 is 14.3 Å². The van der Waals surface area contributed by atoms with Gasteiger partial charge in [0.1, 0.15) is 0 Å². The topological polar surface area (TPSA) is 84.5 Å². The van der Waals surface area contributed by atoms with Gasteiger partial charge in [-0.25, -0.2) is 4.79 Å². The molecule has 0 saturated heterocycles. The van der Waals surface area contributed by atoms with Crippen molar-refractivity contribution in [3.63, 3.8) is 0 Å². The van der Waals surface area contributed by atoms with Crippen molar-refractivity contribution in [1.82, 2.24) is 4.57 Å². The van der Waals surface area contributed by atoms with Crippen molar-refractivity contribution in [3.05, 3.63) is 28.7 Å². The highest BCUT2D eigenvalue weighted by molar-refractivity contribution is 5.93. The summed E-state index contributed by atoms with van der Waals surface area (Å²) in [6, 6.07) is 5.06. The van der Waals surface area contributed by atoms with Crippen LogP contribution in [0.4, 0.5) is 5.69 Å². The first kappa shape index (κ1) is 13.9. The number of nitrogens with zero attached hydrogens (tertiary/aromatic N) is 1. The van der Waals surface area contributed by atoms with Crippen LogP contribution in [0.2, 0.25) is 0 Å². The molecular weight excluding hydrogens is 272 g/mol. The molecule has 0 radical (unpaired) electrons. The molecule has 2 N–H and O–H groups in total. The summed E-state index contributed by atoms with van der Waals surface area (Å²) in [5.74, 6) is -0.661. The maximum atomic E-state index is 12.0. The third-order valence-corrected chi connectivity index (χ3v) is 4.10. The SMILES string of the molecule is Cn1c(=O)oc2cc(NC(=O)CC3(O)CCCC3)ccc21. The lowest BCUT2D eigenvalue weighted by Gasteiger charge is -2.21. The molecule has 1 aromatic heterocycles. The number of rotatable bonds is 3. The normalized spacial score (nSPS) is 17.2. The Hall–Kier alpha value is -2.08. The molecule has 1 fully saturated rings. The van der Waals surface area contributed by atoms with E-state index in [1.807, 2.05) is 0 Å². The van der Waals surface area contributed by atoms with Gasteiger partial charge in [-0.3, -0.25) is 9.36 Å². The largest absolute Gasteiger partial charge is 0.419 e. The van der Waals surface area contributed by atoms with Gasteiger partial charge < -0.3 is 14.8 Å². The Morgan fingerprint density at radius 1 is 1.43 bits per heavy atom. The fourth-order valence-corrected chi connectivity index (χ4v) is 2.93. The standard InChI is InChI=1S/C15H18N2O4/c1-17-11-5-4-10(8-12(11)21-14(17)19)16-13(18)9-15(20)6-2-3-7-15/h4-5,8,20H,2-3,6-7,9H2,1H3,(H,16,18). The molecule has 0 aliphatic heterocycles. The first-order chi connectivity index (χ1) is 9.97. The van der Waals surface area contributed by atoms with Crippen molar-refractivity contribution in [2.75, 3.05) is 5.32 Å². The van der Waals surface area contributed by atoms with Crippen LogP contribution < -0.4 is 11.1 Å². The minimum absolute atomic E-state index is 0.101. The van der Waals surface area contributed by atoms with E-state index in [2.05, 4.69) is 5.32 Å². The van der Waals surface area contributed by atoms with Crippen LogP contribution in [-0.2, 0) is 11.8 Å². The molecule has 3 rings (SSSR count). The second kappa shape index (κ2) is 5.04. The van der Waals surface area contributed by atoms with E-state index in [1.54, 1.807) is 25.2 Å². The molecule has 2 aromatic rings. The molecule has 1 aromatic carbocycles. The molecule has 21 heavy (non-hydrogen) atoms. The van der Waals surface area contributed by atoms with Gasteiger partial charge in [0, 0.05) is 18.8 Å². The molecule has 0 spiro atoms. The number of hydrogen-bond donors (Lipinski definition) is 2. The highest BCUT2D eigenvalue weighted by atomic mass is 16.4. The van der Waals surface area contributed by atoms with E-state index < -0.39 is 11.4 Å². The third kappa shape index (κ3) is 2.71. The van der Waals surface area contributed by atoms with Crippen molar-refractivity contribution in [3.8, 4) is 0 Å². The number of aliphatic hydroxyl groups is 1. The summed E-state index contributed by atoms with van der Waals surface area (Å²) in [5.41, 5.74) is 0.795. The zero-order valence-electron chi connectivity index (χ0n) is 11.9. The van der Waals surface area contributed by atoms with E-state index in [4.69, 9.17) is 4.42 Å². The Kier molecular flexibility index (Phi) is 3.33. The van der Waals surface area contributed by atoms with Gasteiger partial charge in [-0.1, -0.05) is 12.8 Å². The van der Waals surface area contributed by atoms with Gasteiger partial charge in [-0.05, 0) is 25.0 Å². The fraction of sp³-hybridized carbons (Fsp3) is 0.467. The number of anilines is 1. The Morgan fingerprint density at radius 3 is 2.86 bits per heavy atom. The number of aryl methyl sites for hydroxylation is 1. The minimum Gasteiger partial charge on any atom is -0.408 e. The fourth-order valence-electron chi connectivity index (χ4n) is 2.93. The summed E-state index contributed by atoms with van der Waals surface area (Å²) in [6.45, 7) is 0. The highest BCUT2D eigenvalue weighted by Crippen LogP contribution is 2.32. The maximum absolute atomic E-state index is 12.0. The number of benzene rings is 1. The summed E-state index contributed by atoms with van der Waals surface area (Å²) in [7, 11) is 1.63. The number of amides is 1. The van der Waals surface area contributed by atoms with Gasteiger partial charge in [0.2, 0.25) is 5.91 Å². The molecule has 1 heterocycles. The molecule has 1 aliphatic rings. The zero-order valence-corrected chi connectivity index (χ0v) is 11.9.